The molecule has 2 N–H and O–H groups in total. The number of likely N-dealkylation sites (tertiary alicyclic amines) is 1. The maximum Gasteiger partial charge on any atom is 0.289 e. The Kier molecular flexibility index (Phi) is 7.77. The second-order valence-corrected chi connectivity index (χ2v) is 9.17. The topological polar surface area (TPSA) is 101 Å². The average molecular weight is 465 g/mol. The third-order valence-electron chi connectivity index (χ3n) is 6.69. The van der Waals surface area contributed by atoms with Crippen LogP contribution in [-0.2, 0) is 20.8 Å². The van der Waals surface area contributed by atoms with E-state index in [1.54, 1.807) is 22.0 Å². The normalized spacial score (nSPS) is 19.4. The Morgan fingerprint density at radius 3 is 2.32 bits per heavy atom. The Bertz CT molecular complexity index is 1040. The minimum atomic E-state index is -0.745. The van der Waals surface area contributed by atoms with Crippen LogP contribution in [0.3, 0.4) is 0 Å². The van der Waals surface area contributed by atoms with Crippen LogP contribution in [0.1, 0.15) is 50.5 Å². The first-order valence-corrected chi connectivity index (χ1v) is 12.2. The summed E-state index contributed by atoms with van der Waals surface area (Å²) in [6, 6.07) is 11.1. The van der Waals surface area contributed by atoms with Gasteiger partial charge in [-0.25, -0.2) is 0 Å². The fraction of sp³-hybridized carbons (Fsp3) is 0.462. The summed E-state index contributed by atoms with van der Waals surface area (Å²) in [7, 11) is 0. The lowest BCUT2D eigenvalue weighted by molar-refractivity contribution is -0.145. The summed E-state index contributed by atoms with van der Waals surface area (Å²) in [5.74, 6) is -1.34. The maximum atomic E-state index is 13.7. The van der Waals surface area contributed by atoms with E-state index in [9.17, 15) is 19.2 Å². The molecule has 1 unspecified atom stereocenters. The summed E-state index contributed by atoms with van der Waals surface area (Å²) in [4.78, 5) is 52.4. The van der Waals surface area contributed by atoms with Crippen molar-refractivity contribution in [3.8, 4) is 0 Å². The van der Waals surface area contributed by atoms with Crippen LogP contribution >= 0.6 is 0 Å². The second-order valence-electron chi connectivity index (χ2n) is 9.17. The van der Waals surface area contributed by atoms with Crippen LogP contribution in [0.2, 0.25) is 0 Å². The first kappa shape index (κ1) is 23.7. The number of Topliss-reactive ketones (excluding diaryl/α,β-unsaturated/α-hetero) is 1. The summed E-state index contributed by atoms with van der Waals surface area (Å²) < 4.78 is 1.58. The first-order chi connectivity index (χ1) is 16.5. The molecule has 2 fully saturated rings. The Balaban J connectivity index is 1.49. The van der Waals surface area contributed by atoms with Crippen molar-refractivity contribution >= 4 is 17.6 Å². The average Bonchev–Trinajstić information content (AvgIpc) is 3.35. The van der Waals surface area contributed by atoms with Crippen molar-refractivity contribution in [1.82, 2.24) is 14.9 Å². The van der Waals surface area contributed by atoms with Crippen LogP contribution in [-0.4, -0.2) is 51.8 Å². The van der Waals surface area contributed by atoms with Crippen LogP contribution in [0.5, 0.6) is 0 Å². The quantitative estimate of drug-likeness (QED) is 0.582. The predicted molar refractivity (Wildman–Crippen MR) is 129 cm³/mol. The fourth-order valence-electron chi connectivity index (χ4n) is 4.87. The minimum absolute atomic E-state index is 0.0450. The van der Waals surface area contributed by atoms with Gasteiger partial charge in [-0.15, -0.1) is 0 Å². The van der Waals surface area contributed by atoms with Gasteiger partial charge in [-0.1, -0.05) is 49.6 Å². The molecule has 4 rings (SSSR count). The van der Waals surface area contributed by atoms with Gasteiger partial charge in [0.2, 0.25) is 11.7 Å². The van der Waals surface area contributed by atoms with Gasteiger partial charge in [-0.2, -0.15) is 0 Å². The van der Waals surface area contributed by atoms with Crippen molar-refractivity contribution in [3.05, 3.63) is 70.6 Å². The van der Waals surface area contributed by atoms with Crippen molar-refractivity contribution < 1.29 is 14.4 Å². The van der Waals surface area contributed by atoms with Gasteiger partial charge in [0, 0.05) is 43.5 Å². The summed E-state index contributed by atoms with van der Waals surface area (Å²) in [5.41, 5.74) is 4.00. The highest BCUT2D eigenvalue weighted by atomic mass is 16.2. The van der Waals surface area contributed by atoms with Gasteiger partial charge in [0.05, 0.1) is 0 Å². The van der Waals surface area contributed by atoms with Crippen molar-refractivity contribution in [2.45, 2.75) is 69.5 Å². The molecule has 2 aliphatic rings. The van der Waals surface area contributed by atoms with Crippen LogP contribution in [0.25, 0.3) is 0 Å². The summed E-state index contributed by atoms with van der Waals surface area (Å²) in [5, 5.41) is 2.89. The molecule has 8 nitrogen and oxygen atoms in total. The Morgan fingerprint density at radius 1 is 0.912 bits per heavy atom. The largest absolute Gasteiger partial charge is 0.347 e. The summed E-state index contributed by atoms with van der Waals surface area (Å²) in [6.07, 6.45) is 9.77. The SMILES string of the molecule is O=C(NC1CCCCC1)C(=O)C1CCCN1C(=O)[C@H](Cc1ccccc1)Nn1ccc(=O)cc1. The molecule has 0 radical (unpaired) electrons. The van der Waals surface area contributed by atoms with Gasteiger partial charge in [-0.05, 0) is 31.2 Å². The van der Waals surface area contributed by atoms with E-state index < -0.39 is 23.8 Å². The van der Waals surface area contributed by atoms with Gasteiger partial charge >= 0.3 is 0 Å². The summed E-state index contributed by atoms with van der Waals surface area (Å²) >= 11 is 0. The van der Waals surface area contributed by atoms with E-state index in [1.165, 1.54) is 12.1 Å². The van der Waals surface area contributed by atoms with Crippen LogP contribution in [0, 0.1) is 0 Å². The molecule has 2 atom stereocenters. The monoisotopic (exact) mass is 464 g/mol. The number of ketones is 1. The van der Waals surface area contributed by atoms with Crippen LogP contribution < -0.4 is 16.2 Å². The number of aromatic nitrogens is 1. The van der Waals surface area contributed by atoms with Gasteiger partial charge < -0.3 is 15.6 Å². The number of benzene rings is 1. The molecule has 0 spiro atoms. The molecule has 0 bridgehead atoms. The smallest absolute Gasteiger partial charge is 0.289 e. The molecule has 2 heterocycles. The highest BCUT2D eigenvalue weighted by Gasteiger charge is 2.40. The van der Waals surface area contributed by atoms with E-state index in [2.05, 4.69) is 10.7 Å². The molecule has 2 aromatic rings. The van der Waals surface area contributed by atoms with E-state index in [0.717, 1.165) is 37.7 Å². The van der Waals surface area contributed by atoms with E-state index >= 15 is 0 Å². The third-order valence-corrected chi connectivity index (χ3v) is 6.69. The number of pyridine rings is 1. The van der Waals surface area contributed by atoms with Crippen LogP contribution in [0.4, 0.5) is 0 Å². The van der Waals surface area contributed by atoms with E-state index in [1.807, 2.05) is 30.3 Å². The number of nitrogens with zero attached hydrogens (tertiary/aromatic N) is 2. The third kappa shape index (κ3) is 5.92. The Morgan fingerprint density at radius 2 is 1.62 bits per heavy atom. The molecule has 1 saturated heterocycles. The first-order valence-electron chi connectivity index (χ1n) is 12.2. The Hall–Kier alpha value is -3.42. The van der Waals surface area contributed by atoms with E-state index in [0.29, 0.717) is 25.8 Å². The zero-order valence-electron chi connectivity index (χ0n) is 19.3. The van der Waals surface area contributed by atoms with Gasteiger partial charge in [0.1, 0.15) is 12.1 Å². The van der Waals surface area contributed by atoms with Crippen molar-refractivity contribution in [1.29, 1.82) is 0 Å². The zero-order valence-corrected chi connectivity index (χ0v) is 19.3. The van der Waals surface area contributed by atoms with Crippen LogP contribution in [0.15, 0.2) is 59.7 Å². The van der Waals surface area contributed by atoms with Gasteiger partial charge in [0.25, 0.3) is 5.91 Å². The highest BCUT2D eigenvalue weighted by Crippen LogP contribution is 2.22. The molecule has 2 amide bonds. The molecule has 8 heteroatoms. The molecular formula is C26H32N4O4. The van der Waals surface area contributed by atoms with Crippen molar-refractivity contribution in [2.75, 3.05) is 12.0 Å². The van der Waals surface area contributed by atoms with Gasteiger partial charge in [-0.3, -0.25) is 23.9 Å². The number of hydrogen-bond donors (Lipinski definition) is 2. The minimum Gasteiger partial charge on any atom is -0.347 e. The predicted octanol–water partition coefficient (Wildman–Crippen LogP) is 2.01. The number of hydrogen-bond acceptors (Lipinski definition) is 5. The van der Waals surface area contributed by atoms with Gasteiger partial charge in [0.15, 0.2) is 5.43 Å². The number of rotatable bonds is 8. The lowest BCUT2D eigenvalue weighted by Crippen LogP contribution is -2.53. The van der Waals surface area contributed by atoms with E-state index in [-0.39, 0.29) is 17.4 Å². The van der Waals surface area contributed by atoms with Crippen molar-refractivity contribution in [2.24, 2.45) is 0 Å². The molecule has 1 aromatic carbocycles. The molecule has 180 valence electrons. The molecule has 1 aromatic heterocycles. The number of nitrogens with one attached hydrogen (secondary N) is 2. The molecular weight excluding hydrogens is 432 g/mol. The zero-order chi connectivity index (χ0) is 23.9. The van der Waals surface area contributed by atoms with Crippen molar-refractivity contribution in [3.63, 3.8) is 0 Å². The summed E-state index contributed by atoms with van der Waals surface area (Å²) in [6.45, 7) is 0.434. The van der Waals surface area contributed by atoms with E-state index in [4.69, 9.17) is 0 Å². The lowest BCUT2D eigenvalue weighted by atomic mass is 9.95. The molecule has 1 aliphatic carbocycles. The lowest BCUT2D eigenvalue weighted by Gasteiger charge is -2.30. The second kappa shape index (κ2) is 11.1. The maximum absolute atomic E-state index is 13.7. The Labute approximate surface area is 199 Å². The molecule has 1 saturated carbocycles. The molecule has 34 heavy (non-hydrogen) atoms. The highest BCUT2D eigenvalue weighted by molar-refractivity contribution is 6.38. The molecule has 1 aliphatic heterocycles. The fourth-order valence-corrected chi connectivity index (χ4v) is 4.87. The number of carbonyl (C=O) groups is 3. The standard InChI is InChI=1S/C26H32N4O4/c31-21-13-16-29(17-14-21)28-22(18-19-8-3-1-4-9-19)26(34)30-15-7-12-23(30)24(32)25(33)27-20-10-5-2-6-11-20/h1,3-4,8-9,13-14,16-17,20,22-23,28H,2,5-7,10-12,15,18H2,(H,27,33)/t22-,23?/m0/s1. The number of carbonyl (C=O) groups excluding carboxylic acids is 3. The number of amides is 2.